The van der Waals surface area contributed by atoms with E-state index in [1.165, 1.54) is 11.1 Å². The molecule has 0 saturated carbocycles. The molecule has 0 aliphatic carbocycles. The van der Waals surface area contributed by atoms with Gasteiger partial charge in [-0.3, -0.25) is 0 Å². The van der Waals surface area contributed by atoms with Crippen LogP contribution in [-0.2, 0) is 22.3 Å². The standard InChI is InChI=1S/C40H38O4/c41-39(43-29-35(33-19-9-3-10-20-33)27-25-31-15-5-1-6-16-31)37-23-13-14-24-38(37)40(42)44-30-36(34-21-11-4-12-22-34)28-26-32-17-7-2-8-18-32/h1-24,35-36H,25-30H2. The lowest BCUT2D eigenvalue weighted by atomic mass is 9.93. The maximum Gasteiger partial charge on any atom is 0.339 e. The summed E-state index contributed by atoms with van der Waals surface area (Å²) in [7, 11) is 0. The molecule has 0 heterocycles. The van der Waals surface area contributed by atoms with Crippen LogP contribution in [-0.4, -0.2) is 25.2 Å². The van der Waals surface area contributed by atoms with Gasteiger partial charge >= 0.3 is 11.9 Å². The molecule has 0 amide bonds. The van der Waals surface area contributed by atoms with E-state index in [0.29, 0.717) is 0 Å². The lowest BCUT2D eigenvalue weighted by Crippen LogP contribution is -2.19. The van der Waals surface area contributed by atoms with Crippen LogP contribution < -0.4 is 0 Å². The Morgan fingerprint density at radius 3 is 1.11 bits per heavy atom. The van der Waals surface area contributed by atoms with Gasteiger partial charge < -0.3 is 9.47 Å². The van der Waals surface area contributed by atoms with Gasteiger partial charge in [0, 0.05) is 11.8 Å². The molecule has 4 heteroatoms. The molecule has 2 atom stereocenters. The van der Waals surface area contributed by atoms with Gasteiger partial charge in [-0.1, -0.05) is 133 Å². The van der Waals surface area contributed by atoms with Crippen molar-refractivity contribution >= 4 is 11.9 Å². The monoisotopic (exact) mass is 582 g/mol. The van der Waals surface area contributed by atoms with Gasteiger partial charge in [-0.05, 0) is 60.1 Å². The van der Waals surface area contributed by atoms with Crippen molar-refractivity contribution in [2.24, 2.45) is 0 Å². The van der Waals surface area contributed by atoms with E-state index >= 15 is 0 Å². The van der Waals surface area contributed by atoms with Crippen LogP contribution in [0.15, 0.2) is 146 Å². The molecule has 5 aromatic rings. The largest absolute Gasteiger partial charge is 0.461 e. The van der Waals surface area contributed by atoms with E-state index < -0.39 is 11.9 Å². The van der Waals surface area contributed by atoms with E-state index in [4.69, 9.17) is 9.47 Å². The molecule has 222 valence electrons. The molecule has 0 aliphatic rings. The lowest BCUT2D eigenvalue weighted by molar-refractivity contribution is 0.0428. The van der Waals surface area contributed by atoms with Gasteiger partial charge in [-0.15, -0.1) is 0 Å². The number of hydrogen-bond acceptors (Lipinski definition) is 4. The van der Waals surface area contributed by atoms with Crippen molar-refractivity contribution in [1.29, 1.82) is 0 Å². The van der Waals surface area contributed by atoms with Crippen LogP contribution in [0.4, 0.5) is 0 Å². The zero-order valence-corrected chi connectivity index (χ0v) is 24.9. The van der Waals surface area contributed by atoms with E-state index in [-0.39, 0.29) is 36.2 Å². The number of ether oxygens (including phenoxy) is 2. The van der Waals surface area contributed by atoms with Crippen molar-refractivity contribution in [2.75, 3.05) is 13.2 Å². The van der Waals surface area contributed by atoms with Crippen molar-refractivity contribution in [3.63, 3.8) is 0 Å². The molecule has 44 heavy (non-hydrogen) atoms. The summed E-state index contributed by atoms with van der Waals surface area (Å²) in [5, 5.41) is 0. The smallest absolute Gasteiger partial charge is 0.339 e. The predicted octanol–water partition coefficient (Wildman–Crippen LogP) is 8.83. The molecule has 0 aromatic heterocycles. The summed E-state index contributed by atoms with van der Waals surface area (Å²) < 4.78 is 11.7. The first kappa shape index (κ1) is 30.5. The van der Waals surface area contributed by atoms with Crippen molar-refractivity contribution in [3.8, 4) is 0 Å². The molecule has 0 N–H and O–H groups in total. The van der Waals surface area contributed by atoms with Crippen molar-refractivity contribution in [2.45, 2.75) is 37.5 Å². The third-order valence-electron chi connectivity index (χ3n) is 7.99. The van der Waals surface area contributed by atoms with Gasteiger partial charge in [0.25, 0.3) is 0 Å². The highest BCUT2D eigenvalue weighted by molar-refractivity contribution is 6.03. The Morgan fingerprint density at radius 2 is 0.750 bits per heavy atom. The first-order valence-electron chi connectivity index (χ1n) is 15.3. The maximum absolute atomic E-state index is 13.4. The van der Waals surface area contributed by atoms with Crippen LogP contribution in [0.3, 0.4) is 0 Å². The Kier molecular flexibility index (Phi) is 11.1. The molecule has 5 rings (SSSR count). The third-order valence-corrected chi connectivity index (χ3v) is 7.99. The van der Waals surface area contributed by atoms with Crippen LogP contribution in [0.5, 0.6) is 0 Å². The Morgan fingerprint density at radius 1 is 0.432 bits per heavy atom. The van der Waals surface area contributed by atoms with E-state index in [1.807, 2.05) is 72.8 Å². The first-order valence-corrected chi connectivity index (χ1v) is 15.3. The van der Waals surface area contributed by atoms with Gasteiger partial charge in [0.1, 0.15) is 0 Å². The van der Waals surface area contributed by atoms with Crippen molar-refractivity contribution in [3.05, 3.63) is 179 Å². The number of aryl methyl sites for hydroxylation is 2. The molecule has 0 fully saturated rings. The fraction of sp³-hybridized carbons (Fsp3) is 0.200. The second-order valence-corrected chi connectivity index (χ2v) is 11.0. The zero-order chi connectivity index (χ0) is 30.4. The van der Waals surface area contributed by atoms with Crippen LogP contribution in [0.1, 0.15) is 67.6 Å². The average molecular weight is 583 g/mol. The number of hydrogen-bond donors (Lipinski definition) is 0. The van der Waals surface area contributed by atoms with Gasteiger partial charge in [0.15, 0.2) is 0 Å². The quantitative estimate of drug-likeness (QED) is 0.123. The fourth-order valence-corrected chi connectivity index (χ4v) is 5.46. The molecule has 0 radical (unpaired) electrons. The number of carbonyl (C=O) groups is 2. The molecule has 5 aromatic carbocycles. The van der Waals surface area contributed by atoms with Crippen LogP contribution in [0.2, 0.25) is 0 Å². The molecular formula is C40H38O4. The third kappa shape index (κ3) is 8.78. The minimum absolute atomic E-state index is 0.0238. The highest BCUT2D eigenvalue weighted by Crippen LogP contribution is 2.25. The number of rotatable bonds is 14. The second-order valence-electron chi connectivity index (χ2n) is 11.0. The van der Waals surface area contributed by atoms with E-state index in [0.717, 1.165) is 36.8 Å². The van der Waals surface area contributed by atoms with Crippen LogP contribution >= 0.6 is 0 Å². The normalized spacial score (nSPS) is 12.2. The van der Waals surface area contributed by atoms with Crippen molar-refractivity contribution < 1.29 is 19.1 Å². The topological polar surface area (TPSA) is 52.6 Å². The predicted molar refractivity (Wildman–Crippen MR) is 175 cm³/mol. The molecule has 0 aliphatic heterocycles. The summed E-state index contributed by atoms with van der Waals surface area (Å²) in [4.78, 5) is 26.7. The van der Waals surface area contributed by atoms with Gasteiger partial charge in [0.05, 0.1) is 24.3 Å². The molecule has 0 saturated heterocycles. The minimum Gasteiger partial charge on any atom is -0.461 e. The molecule has 4 nitrogen and oxygen atoms in total. The second kappa shape index (κ2) is 16.0. The zero-order valence-electron chi connectivity index (χ0n) is 24.9. The maximum atomic E-state index is 13.4. The Hall–Kier alpha value is -4.96. The minimum atomic E-state index is -0.526. The van der Waals surface area contributed by atoms with Crippen LogP contribution in [0.25, 0.3) is 0 Å². The highest BCUT2D eigenvalue weighted by atomic mass is 16.5. The van der Waals surface area contributed by atoms with Gasteiger partial charge in [-0.2, -0.15) is 0 Å². The Balaban J connectivity index is 1.24. The number of carbonyl (C=O) groups excluding carboxylic acids is 2. The molecular weight excluding hydrogens is 544 g/mol. The Bertz CT molecular complexity index is 1460. The van der Waals surface area contributed by atoms with Gasteiger partial charge in [-0.25, -0.2) is 9.59 Å². The summed E-state index contributed by atoms with van der Waals surface area (Å²) in [6.07, 6.45) is 3.39. The van der Waals surface area contributed by atoms with Gasteiger partial charge in [0.2, 0.25) is 0 Å². The summed E-state index contributed by atoms with van der Waals surface area (Å²) in [6.45, 7) is 0.434. The van der Waals surface area contributed by atoms with E-state index in [1.54, 1.807) is 24.3 Å². The molecule has 2 unspecified atom stereocenters. The highest BCUT2D eigenvalue weighted by Gasteiger charge is 2.23. The van der Waals surface area contributed by atoms with E-state index in [9.17, 15) is 9.59 Å². The number of esters is 2. The summed E-state index contributed by atoms with van der Waals surface area (Å²) in [5.41, 5.74) is 5.15. The lowest BCUT2D eigenvalue weighted by Gasteiger charge is -2.19. The average Bonchev–Trinajstić information content (AvgIpc) is 3.09. The summed E-state index contributed by atoms with van der Waals surface area (Å²) >= 11 is 0. The van der Waals surface area contributed by atoms with Crippen LogP contribution in [0, 0.1) is 0 Å². The van der Waals surface area contributed by atoms with Crippen molar-refractivity contribution in [1.82, 2.24) is 0 Å². The SMILES string of the molecule is O=C(OCC(CCc1ccccc1)c1ccccc1)c1ccccc1C(=O)OCC(CCc1ccccc1)c1ccccc1. The molecule has 0 spiro atoms. The summed E-state index contributed by atoms with van der Waals surface area (Å²) in [6, 6.07) is 47.6. The fourth-order valence-electron chi connectivity index (χ4n) is 5.46. The first-order chi connectivity index (χ1) is 21.7. The summed E-state index contributed by atoms with van der Waals surface area (Å²) in [5.74, 6) is -1.00. The molecule has 0 bridgehead atoms. The van der Waals surface area contributed by atoms with E-state index in [2.05, 4.69) is 48.5 Å². The Labute approximate surface area is 260 Å². The number of benzene rings is 5.